The Hall–Kier alpha value is -0.650. The second-order valence-electron chi connectivity index (χ2n) is 2.75. The number of rotatable bonds is 1. The predicted octanol–water partition coefficient (Wildman–Crippen LogP) is -2.44. The largest absolute Gasteiger partial charge is 0.392 e. The molecular formula is C6H12N2O3. The predicted molar refractivity (Wildman–Crippen MR) is 37.6 cm³/mol. The van der Waals surface area contributed by atoms with Gasteiger partial charge in [-0.05, 0) is 0 Å². The molecule has 0 spiro atoms. The minimum atomic E-state index is -0.865. The number of primary amides is 1. The lowest BCUT2D eigenvalue weighted by atomic mass is 9.99. The third kappa shape index (κ3) is 1.89. The van der Waals surface area contributed by atoms with E-state index in [-0.39, 0.29) is 6.42 Å². The molecule has 1 aliphatic rings. The van der Waals surface area contributed by atoms with Crippen molar-refractivity contribution in [1.29, 1.82) is 0 Å². The summed E-state index contributed by atoms with van der Waals surface area (Å²) in [5.74, 6) is -0.579. The molecule has 5 heteroatoms. The van der Waals surface area contributed by atoms with E-state index in [9.17, 15) is 9.90 Å². The van der Waals surface area contributed by atoms with Crippen LogP contribution < -0.4 is 11.1 Å². The van der Waals surface area contributed by atoms with Crippen molar-refractivity contribution in [3.8, 4) is 0 Å². The maximum absolute atomic E-state index is 10.6. The molecule has 0 aliphatic carbocycles. The number of nitrogens with one attached hydrogen (secondary N) is 1. The molecule has 1 saturated heterocycles. The number of aliphatic hydroxyl groups is 2. The van der Waals surface area contributed by atoms with Gasteiger partial charge in [0.15, 0.2) is 0 Å². The number of carbonyl (C=O) groups is 1. The van der Waals surface area contributed by atoms with Gasteiger partial charge in [0, 0.05) is 13.0 Å². The molecule has 1 amide bonds. The molecule has 11 heavy (non-hydrogen) atoms. The number of β-amino-alcohol motifs (C(OH)–C–C–N with tert-alkyl or cyclic N) is 1. The summed E-state index contributed by atoms with van der Waals surface area (Å²) in [6, 6.07) is -0.710. The normalized spacial score (nSPS) is 38.5. The van der Waals surface area contributed by atoms with Crippen molar-refractivity contribution < 1.29 is 15.0 Å². The summed E-state index contributed by atoms with van der Waals surface area (Å²) in [5, 5.41) is 20.8. The highest BCUT2D eigenvalue weighted by atomic mass is 16.3. The van der Waals surface area contributed by atoms with E-state index >= 15 is 0 Å². The zero-order chi connectivity index (χ0) is 8.43. The lowest BCUT2D eigenvalue weighted by molar-refractivity contribution is -0.124. The summed E-state index contributed by atoms with van der Waals surface area (Å²) >= 11 is 0. The standard InChI is InChI=1S/C6H12N2O3/c7-6(11)5-4(10)1-3(9)2-8-5/h3-5,8-10H,1-2H2,(H2,7,11). The van der Waals surface area contributed by atoms with Gasteiger partial charge in [-0.15, -0.1) is 0 Å². The molecule has 1 heterocycles. The van der Waals surface area contributed by atoms with Crippen molar-refractivity contribution in [2.45, 2.75) is 24.7 Å². The fourth-order valence-corrected chi connectivity index (χ4v) is 1.19. The molecule has 1 rings (SSSR count). The van der Waals surface area contributed by atoms with Crippen LogP contribution >= 0.6 is 0 Å². The van der Waals surface area contributed by atoms with Gasteiger partial charge in [-0.3, -0.25) is 4.79 Å². The second-order valence-corrected chi connectivity index (χ2v) is 2.75. The summed E-state index contributed by atoms with van der Waals surface area (Å²) < 4.78 is 0. The van der Waals surface area contributed by atoms with Crippen LogP contribution in [0.5, 0.6) is 0 Å². The minimum absolute atomic E-state index is 0.209. The maximum atomic E-state index is 10.6. The van der Waals surface area contributed by atoms with Gasteiger partial charge in [-0.25, -0.2) is 0 Å². The highest BCUT2D eigenvalue weighted by Gasteiger charge is 2.30. The Kier molecular flexibility index (Phi) is 2.43. The molecule has 1 fully saturated rings. The zero-order valence-corrected chi connectivity index (χ0v) is 6.03. The average molecular weight is 160 g/mol. The summed E-state index contributed by atoms with van der Waals surface area (Å²) in [6.07, 6.45) is -1.24. The van der Waals surface area contributed by atoms with Crippen LogP contribution in [0.4, 0.5) is 0 Å². The molecule has 3 unspecified atom stereocenters. The molecule has 5 N–H and O–H groups in total. The number of amides is 1. The Balaban J connectivity index is 2.50. The SMILES string of the molecule is NC(=O)C1NCC(O)CC1O. The van der Waals surface area contributed by atoms with Crippen LogP contribution in [0.2, 0.25) is 0 Å². The molecule has 0 aromatic carbocycles. The van der Waals surface area contributed by atoms with E-state index in [4.69, 9.17) is 10.8 Å². The molecule has 1 aliphatic heterocycles. The Bertz CT molecular complexity index is 162. The third-order valence-corrected chi connectivity index (χ3v) is 1.78. The molecule has 0 saturated carbocycles. The van der Waals surface area contributed by atoms with E-state index in [1.807, 2.05) is 0 Å². The van der Waals surface area contributed by atoms with Crippen molar-refractivity contribution in [1.82, 2.24) is 5.32 Å². The molecule has 0 radical (unpaired) electrons. The average Bonchev–Trinajstić information content (AvgIpc) is 1.85. The summed E-state index contributed by atoms with van der Waals surface area (Å²) in [5.41, 5.74) is 4.96. The monoisotopic (exact) mass is 160 g/mol. The summed E-state index contributed by atoms with van der Waals surface area (Å²) in [7, 11) is 0. The van der Waals surface area contributed by atoms with Crippen LogP contribution in [0.15, 0.2) is 0 Å². The second kappa shape index (κ2) is 3.17. The lowest BCUT2D eigenvalue weighted by Crippen LogP contribution is -2.56. The first-order valence-corrected chi connectivity index (χ1v) is 3.50. The maximum Gasteiger partial charge on any atom is 0.237 e. The van der Waals surface area contributed by atoms with Crippen LogP contribution in [-0.4, -0.2) is 40.9 Å². The summed E-state index contributed by atoms with van der Waals surface area (Å²) in [6.45, 7) is 0.310. The summed E-state index contributed by atoms with van der Waals surface area (Å²) in [4.78, 5) is 10.6. The molecule has 3 atom stereocenters. The fourth-order valence-electron chi connectivity index (χ4n) is 1.19. The van der Waals surface area contributed by atoms with Gasteiger partial charge in [-0.1, -0.05) is 0 Å². The molecule has 5 nitrogen and oxygen atoms in total. The van der Waals surface area contributed by atoms with E-state index in [0.717, 1.165) is 0 Å². The van der Waals surface area contributed by atoms with Crippen LogP contribution in [0.1, 0.15) is 6.42 Å². The van der Waals surface area contributed by atoms with Gasteiger partial charge in [0.2, 0.25) is 5.91 Å². The lowest BCUT2D eigenvalue weighted by Gasteiger charge is -2.29. The number of hydrogen-bond donors (Lipinski definition) is 4. The topological polar surface area (TPSA) is 95.6 Å². The molecule has 64 valence electrons. The number of carbonyl (C=O) groups excluding carboxylic acids is 1. The first-order valence-electron chi connectivity index (χ1n) is 3.50. The van der Waals surface area contributed by atoms with E-state index in [1.165, 1.54) is 0 Å². The Morgan fingerprint density at radius 1 is 1.55 bits per heavy atom. The van der Waals surface area contributed by atoms with Crippen LogP contribution in [-0.2, 0) is 4.79 Å². The molecule has 0 bridgehead atoms. The van der Waals surface area contributed by atoms with Crippen molar-refractivity contribution in [3.05, 3.63) is 0 Å². The van der Waals surface area contributed by atoms with Gasteiger partial charge in [-0.2, -0.15) is 0 Å². The Morgan fingerprint density at radius 3 is 2.64 bits per heavy atom. The smallest absolute Gasteiger partial charge is 0.237 e. The minimum Gasteiger partial charge on any atom is -0.392 e. The van der Waals surface area contributed by atoms with Gasteiger partial charge < -0.3 is 21.3 Å². The van der Waals surface area contributed by atoms with Crippen molar-refractivity contribution in [2.75, 3.05) is 6.54 Å². The van der Waals surface area contributed by atoms with Crippen molar-refractivity contribution >= 4 is 5.91 Å². The number of hydrogen-bond acceptors (Lipinski definition) is 4. The van der Waals surface area contributed by atoms with Gasteiger partial charge in [0.05, 0.1) is 12.2 Å². The van der Waals surface area contributed by atoms with E-state index in [2.05, 4.69) is 5.32 Å². The molecule has 0 aromatic heterocycles. The van der Waals surface area contributed by atoms with E-state index in [1.54, 1.807) is 0 Å². The van der Waals surface area contributed by atoms with Gasteiger partial charge >= 0.3 is 0 Å². The van der Waals surface area contributed by atoms with Crippen LogP contribution in [0, 0.1) is 0 Å². The number of aliphatic hydroxyl groups excluding tert-OH is 2. The van der Waals surface area contributed by atoms with Crippen molar-refractivity contribution in [3.63, 3.8) is 0 Å². The van der Waals surface area contributed by atoms with E-state index < -0.39 is 24.2 Å². The highest BCUT2D eigenvalue weighted by molar-refractivity contribution is 5.80. The Labute approximate surface area is 64.2 Å². The number of nitrogens with two attached hydrogens (primary N) is 1. The quantitative estimate of drug-likeness (QED) is 0.342. The van der Waals surface area contributed by atoms with Crippen LogP contribution in [0.25, 0.3) is 0 Å². The van der Waals surface area contributed by atoms with Crippen LogP contribution in [0.3, 0.4) is 0 Å². The first kappa shape index (κ1) is 8.45. The van der Waals surface area contributed by atoms with Crippen molar-refractivity contribution in [2.24, 2.45) is 5.73 Å². The van der Waals surface area contributed by atoms with E-state index in [0.29, 0.717) is 6.54 Å². The first-order chi connectivity index (χ1) is 5.11. The van der Waals surface area contributed by atoms with Gasteiger partial charge in [0.1, 0.15) is 6.04 Å². The molecule has 0 aromatic rings. The number of piperidine rings is 1. The third-order valence-electron chi connectivity index (χ3n) is 1.78. The molecular weight excluding hydrogens is 148 g/mol. The fraction of sp³-hybridized carbons (Fsp3) is 0.833. The zero-order valence-electron chi connectivity index (χ0n) is 6.03. The highest BCUT2D eigenvalue weighted by Crippen LogP contribution is 2.08. The Morgan fingerprint density at radius 2 is 2.18 bits per heavy atom. The van der Waals surface area contributed by atoms with Gasteiger partial charge in [0.25, 0.3) is 0 Å².